The van der Waals surface area contributed by atoms with E-state index in [1.165, 1.54) is 0 Å². The average molecular weight is 294 g/mol. The molecule has 0 spiro atoms. The number of nitrogens with zero attached hydrogens (tertiary/aromatic N) is 1. The highest BCUT2D eigenvalue weighted by Crippen LogP contribution is 2.39. The molecular weight excluding hydrogens is 268 g/mol. The fourth-order valence-corrected chi connectivity index (χ4v) is 2.48. The van der Waals surface area contributed by atoms with Crippen LogP contribution >= 0.6 is 0 Å². The largest absolute Gasteiger partial charge is 0.492 e. The summed E-state index contributed by atoms with van der Waals surface area (Å²) in [7, 11) is 0. The monoisotopic (exact) mass is 294 g/mol. The van der Waals surface area contributed by atoms with E-state index in [1.54, 1.807) is 0 Å². The van der Waals surface area contributed by atoms with Crippen molar-refractivity contribution in [3.8, 4) is 11.5 Å². The second-order valence-electron chi connectivity index (χ2n) is 4.81. The number of benzene rings is 1. The second kappa shape index (κ2) is 7.98. The normalized spacial score (nSPS) is 14.9. The molecule has 1 aromatic carbocycles. The minimum Gasteiger partial charge on any atom is -0.492 e. The number of hydrogen-bond donors (Lipinski definition) is 1. The van der Waals surface area contributed by atoms with Crippen LogP contribution in [0.5, 0.6) is 11.5 Å². The zero-order chi connectivity index (χ0) is 15.1. The van der Waals surface area contributed by atoms with Crippen LogP contribution in [0.15, 0.2) is 12.1 Å². The lowest BCUT2D eigenvalue weighted by molar-refractivity contribution is 0.122. The minimum absolute atomic E-state index is 0.648. The van der Waals surface area contributed by atoms with Crippen LogP contribution in [0.3, 0.4) is 0 Å². The summed E-state index contributed by atoms with van der Waals surface area (Å²) in [5.41, 5.74) is 2.07. The van der Waals surface area contributed by atoms with Crippen LogP contribution in [-0.4, -0.2) is 46.1 Å². The summed E-state index contributed by atoms with van der Waals surface area (Å²) >= 11 is 0. The van der Waals surface area contributed by atoms with Crippen molar-refractivity contribution in [2.45, 2.75) is 20.8 Å². The van der Waals surface area contributed by atoms with E-state index in [9.17, 15) is 0 Å². The van der Waals surface area contributed by atoms with Crippen molar-refractivity contribution in [1.29, 1.82) is 0 Å². The average Bonchev–Trinajstić information content (AvgIpc) is 2.51. The SMILES string of the molecule is CCNc1cc(OCC)c(N2CCOCC2)cc1OCC. The van der Waals surface area contributed by atoms with Gasteiger partial charge in [0.05, 0.1) is 37.8 Å². The number of anilines is 2. The first-order valence-corrected chi connectivity index (χ1v) is 7.80. The molecule has 1 heterocycles. The third-order valence-electron chi connectivity index (χ3n) is 3.38. The van der Waals surface area contributed by atoms with Gasteiger partial charge in [-0.25, -0.2) is 0 Å². The maximum Gasteiger partial charge on any atom is 0.144 e. The van der Waals surface area contributed by atoms with Gasteiger partial charge < -0.3 is 24.4 Å². The summed E-state index contributed by atoms with van der Waals surface area (Å²) in [5, 5.41) is 3.34. The number of hydrogen-bond acceptors (Lipinski definition) is 5. The molecule has 1 aliphatic heterocycles. The van der Waals surface area contributed by atoms with Crippen LogP contribution in [0, 0.1) is 0 Å². The van der Waals surface area contributed by atoms with E-state index in [-0.39, 0.29) is 0 Å². The Hall–Kier alpha value is -1.62. The van der Waals surface area contributed by atoms with Gasteiger partial charge in [0, 0.05) is 31.8 Å². The van der Waals surface area contributed by atoms with Gasteiger partial charge in [0.25, 0.3) is 0 Å². The maximum absolute atomic E-state index is 5.83. The fourth-order valence-electron chi connectivity index (χ4n) is 2.48. The molecule has 0 amide bonds. The Kier molecular flexibility index (Phi) is 5.99. The first-order chi connectivity index (χ1) is 10.3. The maximum atomic E-state index is 5.83. The van der Waals surface area contributed by atoms with Crippen molar-refractivity contribution < 1.29 is 14.2 Å². The van der Waals surface area contributed by atoms with E-state index < -0.39 is 0 Å². The Balaban J connectivity index is 2.36. The Bertz CT molecular complexity index is 445. The Morgan fingerprint density at radius 2 is 1.71 bits per heavy atom. The molecule has 0 bridgehead atoms. The summed E-state index contributed by atoms with van der Waals surface area (Å²) in [5.74, 6) is 1.78. The third kappa shape index (κ3) is 3.94. The zero-order valence-electron chi connectivity index (χ0n) is 13.3. The molecule has 0 aliphatic carbocycles. The van der Waals surface area contributed by atoms with Gasteiger partial charge >= 0.3 is 0 Å². The lowest BCUT2D eigenvalue weighted by Crippen LogP contribution is -2.36. The first kappa shape index (κ1) is 15.8. The van der Waals surface area contributed by atoms with Crippen LogP contribution in [0.2, 0.25) is 0 Å². The first-order valence-electron chi connectivity index (χ1n) is 7.80. The van der Waals surface area contributed by atoms with Crippen molar-refractivity contribution in [3.63, 3.8) is 0 Å². The highest BCUT2D eigenvalue weighted by molar-refractivity contribution is 5.72. The van der Waals surface area contributed by atoms with E-state index in [2.05, 4.69) is 23.2 Å². The molecule has 0 atom stereocenters. The molecule has 1 saturated heterocycles. The molecule has 2 rings (SSSR count). The molecule has 0 aromatic heterocycles. The number of nitrogens with one attached hydrogen (secondary N) is 1. The van der Waals surface area contributed by atoms with Crippen LogP contribution in [0.4, 0.5) is 11.4 Å². The van der Waals surface area contributed by atoms with Gasteiger partial charge in [0.15, 0.2) is 0 Å². The van der Waals surface area contributed by atoms with Crippen molar-refractivity contribution in [2.75, 3.05) is 56.3 Å². The topological polar surface area (TPSA) is 43.0 Å². The van der Waals surface area contributed by atoms with E-state index in [0.29, 0.717) is 13.2 Å². The quantitative estimate of drug-likeness (QED) is 0.837. The molecule has 0 saturated carbocycles. The van der Waals surface area contributed by atoms with E-state index in [4.69, 9.17) is 14.2 Å². The summed E-state index contributed by atoms with van der Waals surface area (Å²) in [6.45, 7) is 11.5. The van der Waals surface area contributed by atoms with Crippen LogP contribution < -0.4 is 19.7 Å². The predicted octanol–water partition coefficient (Wildman–Crippen LogP) is 2.75. The Labute approximate surface area is 127 Å². The second-order valence-corrected chi connectivity index (χ2v) is 4.81. The summed E-state index contributed by atoms with van der Waals surface area (Å²) < 4.78 is 17.0. The molecule has 1 fully saturated rings. The van der Waals surface area contributed by atoms with Gasteiger partial charge in [-0.05, 0) is 20.8 Å². The summed E-state index contributed by atoms with van der Waals surface area (Å²) in [6.07, 6.45) is 0. The lowest BCUT2D eigenvalue weighted by atomic mass is 10.2. The van der Waals surface area contributed by atoms with Gasteiger partial charge in [-0.15, -0.1) is 0 Å². The van der Waals surface area contributed by atoms with Crippen molar-refractivity contribution in [3.05, 3.63) is 12.1 Å². The standard InChI is InChI=1S/C16H26N2O3/c1-4-17-13-11-16(21-6-3)14(12-15(13)20-5-2)18-7-9-19-10-8-18/h11-12,17H,4-10H2,1-3H3. The fraction of sp³-hybridized carbons (Fsp3) is 0.625. The molecule has 0 radical (unpaired) electrons. The predicted molar refractivity (Wildman–Crippen MR) is 86.0 cm³/mol. The van der Waals surface area contributed by atoms with Crippen molar-refractivity contribution >= 4 is 11.4 Å². The molecule has 118 valence electrons. The third-order valence-corrected chi connectivity index (χ3v) is 3.38. The van der Waals surface area contributed by atoms with Crippen molar-refractivity contribution in [2.24, 2.45) is 0 Å². The molecule has 21 heavy (non-hydrogen) atoms. The van der Waals surface area contributed by atoms with Gasteiger partial charge in [-0.2, -0.15) is 0 Å². The zero-order valence-corrected chi connectivity index (χ0v) is 13.3. The van der Waals surface area contributed by atoms with Crippen LogP contribution in [0.25, 0.3) is 0 Å². The summed E-state index contributed by atoms with van der Waals surface area (Å²) in [6, 6.07) is 4.13. The smallest absolute Gasteiger partial charge is 0.144 e. The number of ether oxygens (including phenoxy) is 3. The van der Waals surface area contributed by atoms with Gasteiger partial charge in [-0.1, -0.05) is 0 Å². The molecule has 5 nitrogen and oxygen atoms in total. The Morgan fingerprint density at radius 1 is 1.05 bits per heavy atom. The van der Waals surface area contributed by atoms with E-state index in [0.717, 1.165) is 55.7 Å². The van der Waals surface area contributed by atoms with Crippen LogP contribution in [0.1, 0.15) is 20.8 Å². The highest BCUT2D eigenvalue weighted by atomic mass is 16.5. The van der Waals surface area contributed by atoms with Gasteiger partial charge in [-0.3, -0.25) is 0 Å². The summed E-state index contributed by atoms with van der Waals surface area (Å²) in [4.78, 5) is 2.30. The molecular formula is C16H26N2O3. The number of rotatable bonds is 7. The van der Waals surface area contributed by atoms with E-state index >= 15 is 0 Å². The van der Waals surface area contributed by atoms with Gasteiger partial charge in [0.1, 0.15) is 11.5 Å². The molecule has 1 aliphatic rings. The highest BCUT2D eigenvalue weighted by Gasteiger charge is 2.19. The number of morpholine rings is 1. The van der Waals surface area contributed by atoms with Crippen LogP contribution in [-0.2, 0) is 4.74 Å². The van der Waals surface area contributed by atoms with Crippen molar-refractivity contribution in [1.82, 2.24) is 0 Å². The molecule has 1 aromatic rings. The Morgan fingerprint density at radius 3 is 2.33 bits per heavy atom. The molecule has 0 unspecified atom stereocenters. The van der Waals surface area contributed by atoms with Gasteiger partial charge in [0.2, 0.25) is 0 Å². The van der Waals surface area contributed by atoms with E-state index in [1.807, 2.05) is 19.9 Å². The minimum atomic E-state index is 0.648. The molecule has 1 N–H and O–H groups in total. The molecule has 5 heteroatoms. The lowest BCUT2D eigenvalue weighted by Gasteiger charge is -2.31.